The predicted molar refractivity (Wildman–Crippen MR) is 78.6 cm³/mol. The van der Waals surface area contributed by atoms with Gasteiger partial charge in [-0.25, -0.2) is 4.79 Å². The second-order valence-electron chi connectivity index (χ2n) is 4.38. The Morgan fingerprint density at radius 3 is 2.30 bits per heavy atom. The third-order valence-electron chi connectivity index (χ3n) is 3.18. The zero-order valence-electron chi connectivity index (χ0n) is 12.8. The molecule has 0 atom stereocenters. The third-order valence-corrected chi connectivity index (χ3v) is 3.18. The molecule has 1 aliphatic rings. The molecule has 1 aromatic rings. The number of ether oxygens (including phenoxy) is 3. The van der Waals surface area contributed by atoms with Gasteiger partial charge in [0.1, 0.15) is 0 Å². The molecule has 4 nitrogen and oxygen atoms in total. The standard InChI is InChI=1S/C14H18O4.C2H6/c1-16-13-9-10(14(15)17-2)7-8-12(13)18-11-5-3-4-6-11;1-2/h7-9,11H,3-6H2,1-2H3;1-2H3. The summed E-state index contributed by atoms with van der Waals surface area (Å²) in [6.07, 6.45) is 4.87. The van der Waals surface area contributed by atoms with Gasteiger partial charge in [0.25, 0.3) is 0 Å². The first-order valence-corrected chi connectivity index (χ1v) is 7.17. The quantitative estimate of drug-likeness (QED) is 0.786. The molecule has 0 bridgehead atoms. The largest absolute Gasteiger partial charge is 0.493 e. The van der Waals surface area contributed by atoms with Gasteiger partial charge in [0.05, 0.1) is 25.9 Å². The topological polar surface area (TPSA) is 44.8 Å². The molecule has 1 aliphatic carbocycles. The molecule has 0 saturated heterocycles. The lowest BCUT2D eigenvalue weighted by Gasteiger charge is -2.16. The van der Waals surface area contributed by atoms with Crippen molar-refractivity contribution >= 4 is 5.97 Å². The molecule has 4 heteroatoms. The Hall–Kier alpha value is -1.71. The molecule has 112 valence electrons. The van der Waals surface area contributed by atoms with Crippen LogP contribution in [-0.4, -0.2) is 26.3 Å². The molecule has 0 radical (unpaired) electrons. The Labute approximate surface area is 121 Å². The van der Waals surface area contributed by atoms with Gasteiger partial charge >= 0.3 is 5.97 Å². The Morgan fingerprint density at radius 1 is 1.10 bits per heavy atom. The number of hydrogen-bond donors (Lipinski definition) is 0. The molecule has 20 heavy (non-hydrogen) atoms. The molecular formula is C16H24O4. The Kier molecular flexibility index (Phi) is 6.91. The van der Waals surface area contributed by atoms with Gasteiger partial charge in [-0.2, -0.15) is 0 Å². The van der Waals surface area contributed by atoms with Crippen LogP contribution >= 0.6 is 0 Å². The maximum Gasteiger partial charge on any atom is 0.337 e. The van der Waals surface area contributed by atoms with Crippen molar-refractivity contribution in [3.63, 3.8) is 0 Å². The third kappa shape index (κ3) is 4.15. The summed E-state index contributed by atoms with van der Waals surface area (Å²) < 4.78 is 15.8. The first kappa shape index (κ1) is 16.3. The van der Waals surface area contributed by atoms with E-state index in [-0.39, 0.29) is 12.1 Å². The van der Waals surface area contributed by atoms with E-state index >= 15 is 0 Å². The number of esters is 1. The number of benzene rings is 1. The SMILES string of the molecule is CC.COC(=O)c1ccc(OC2CCCC2)c(OC)c1. The lowest BCUT2D eigenvalue weighted by atomic mass is 10.2. The van der Waals surface area contributed by atoms with Crippen LogP contribution in [0.5, 0.6) is 11.5 Å². The average Bonchev–Trinajstić information content (AvgIpc) is 3.02. The molecule has 0 N–H and O–H groups in total. The minimum absolute atomic E-state index is 0.267. The highest BCUT2D eigenvalue weighted by Crippen LogP contribution is 2.32. The van der Waals surface area contributed by atoms with Crippen molar-refractivity contribution in [2.75, 3.05) is 14.2 Å². The van der Waals surface area contributed by atoms with Crippen LogP contribution in [0.3, 0.4) is 0 Å². The molecule has 0 aliphatic heterocycles. The Morgan fingerprint density at radius 2 is 1.75 bits per heavy atom. The summed E-state index contributed by atoms with van der Waals surface area (Å²) in [5, 5.41) is 0. The van der Waals surface area contributed by atoms with E-state index < -0.39 is 0 Å². The van der Waals surface area contributed by atoms with Crippen molar-refractivity contribution in [3.8, 4) is 11.5 Å². The van der Waals surface area contributed by atoms with Crippen LogP contribution in [0.1, 0.15) is 49.9 Å². The van der Waals surface area contributed by atoms with Crippen LogP contribution in [0.25, 0.3) is 0 Å². The van der Waals surface area contributed by atoms with Gasteiger partial charge in [-0.1, -0.05) is 13.8 Å². The summed E-state index contributed by atoms with van der Waals surface area (Å²) in [7, 11) is 2.93. The van der Waals surface area contributed by atoms with Crippen LogP contribution in [0.15, 0.2) is 18.2 Å². The van der Waals surface area contributed by atoms with Crippen molar-refractivity contribution in [3.05, 3.63) is 23.8 Å². The molecule has 0 unspecified atom stereocenters. The van der Waals surface area contributed by atoms with Crippen LogP contribution in [0.4, 0.5) is 0 Å². The van der Waals surface area contributed by atoms with Crippen LogP contribution in [0.2, 0.25) is 0 Å². The van der Waals surface area contributed by atoms with Gasteiger partial charge in [0, 0.05) is 0 Å². The first-order valence-electron chi connectivity index (χ1n) is 7.17. The lowest BCUT2D eigenvalue weighted by molar-refractivity contribution is 0.0600. The minimum Gasteiger partial charge on any atom is -0.493 e. The molecule has 1 aromatic carbocycles. The second kappa shape index (κ2) is 8.46. The second-order valence-corrected chi connectivity index (χ2v) is 4.38. The highest BCUT2D eigenvalue weighted by atomic mass is 16.5. The zero-order valence-corrected chi connectivity index (χ0v) is 12.8. The Balaban J connectivity index is 0.000000956. The van der Waals surface area contributed by atoms with E-state index in [1.54, 1.807) is 25.3 Å². The maximum atomic E-state index is 11.4. The van der Waals surface area contributed by atoms with Gasteiger partial charge in [0.15, 0.2) is 11.5 Å². The minimum atomic E-state index is -0.374. The van der Waals surface area contributed by atoms with Crippen LogP contribution in [0, 0.1) is 0 Å². The number of carbonyl (C=O) groups excluding carboxylic acids is 1. The van der Waals surface area contributed by atoms with Gasteiger partial charge in [-0.15, -0.1) is 0 Å². The van der Waals surface area contributed by atoms with Crippen molar-refractivity contribution in [1.82, 2.24) is 0 Å². The van der Waals surface area contributed by atoms with E-state index in [0.717, 1.165) is 12.8 Å². The molecule has 0 heterocycles. The normalized spacial score (nSPS) is 14.2. The van der Waals surface area contributed by atoms with Crippen molar-refractivity contribution in [2.24, 2.45) is 0 Å². The zero-order chi connectivity index (χ0) is 15.0. The highest BCUT2D eigenvalue weighted by Gasteiger charge is 2.19. The molecule has 2 rings (SSSR count). The summed E-state index contributed by atoms with van der Waals surface area (Å²) >= 11 is 0. The van der Waals surface area contributed by atoms with Crippen LogP contribution < -0.4 is 9.47 Å². The van der Waals surface area contributed by atoms with Gasteiger partial charge in [0.2, 0.25) is 0 Å². The summed E-state index contributed by atoms with van der Waals surface area (Å²) in [4.78, 5) is 11.4. The molecular weight excluding hydrogens is 256 g/mol. The molecule has 1 saturated carbocycles. The molecule has 0 spiro atoms. The predicted octanol–water partition coefficient (Wildman–Crippen LogP) is 3.83. The average molecular weight is 280 g/mol. The fourth-order valence-corrected chi connectivity index (χ4v) is 2.20. The van der Waals surface area contributed by atoms with E-state index in [1.807, 2.05) is 13.8 Å². The van der Waals surface area contributed by atoms with Crippen molar-refractivity contribution < 1.29 is 19.0 Å². The van der Waals surface area contributed by atoms with Crippen molar-refractivity contribution in [1.29, 1.82) is 0 Å². The Bertz CT molecular complexity index is 422. The van der Waals surface area contributed by atoms with E-state index in [1.165, 1.54) is 20.0 Å². The van der Waals surface area contributed by atoms with Gasteiger partial charge in [-0.05, 0) is 43.9 Å². The van der Waals surface area contributed by atoms with Gasteiger partial charge < -0.3 is 14.2 Å². The molecule has 1 fully saturated rings. The van der Waals surface area contributed by atoms with E-state index in [9.17, 15) is 4.79 Å². The number of rotatable bonds is 4. The maximum absolute atomic E-state index is 11.4. The molecule has 0 aromatic heterocycles. The monoisotopic (exact) mass is 280 g/mol. The number of hydrogen-bond acceptors (Lipinski definition) is 4. The smallest absolute Gasteiger partial charge is 0.337 e. The van der Waals surface area contributed by atoms with Crippen molar-refractivity contribution in [2.45, 2.75) is 45.6 Å². The number of carbonyl (C=O) groups is 1. The van der Waals surface area contributed by atoms with Crippen LogP contribution in [-0.2, 0) is 4.74 Å². The summed E-state index contributed by atoms with van der Waals surface area (Å²) in [6, 6.07) is 5.11. The van der Waals surface area contributed by atoms with E-state index in [2.05, 4.69) is 4.74 Å². The highest BCUT2D eigenvalue weighted by molar-refractivity contribution is 5.90. The fraction of sp³-hybridized carbons (Fsp3) is 0.562. The van der Waals surface area contributed by atoms with Gasteiger partial charge in [-0.3, -0.25) is 0 Å². The fourth-order valence-electron chi connectivity index (χ4n) is 2.20. The lowest BCUT2D eigenvalue weighted by Crippen LogP contribution is -2.12. The first-order chi connectivity index (χ1) is 9.74. The van der Waals surface area contributed by atoms with E-state index in [0.29, 0.717) is 17.1 Å². The summed E-state index contributed by atoms with van der Waals surface area (Å²) in [6.45, 7) is 4.00. The number of methoxy groups -OCH3 is 2. The van der Waals surface area contributed by atoms with E-state index in [4.69, 9.17) is 9.47 Å². The summed E-state index contributed by atoms with van der Waals surface area (Å²) in [5.74, 6) is 0.891. The summed E-state index contributed by atoms with van der Waals surface area (Å²) in [5.41, 5.74) is 0.466. The molecule has 0 amide bonds.